The number of carbonyl (C=O) groups is 1. The van der Waals surface area contributed by atoms with Crippen molar-refractivity contribution >= 4 is 16.9 Å². The number of nitrogens with one attached hydrogen (secondary N) is 1. The molecule has 2 aromatic heterocycles. The molecular formula is C31H26N6O2. The molecule has 0 aliphatic carbocycles. The Hall–Kier alpha value is -5.08. The molecule has 0 fully saturated rings. The van der Waals surface area contributed by atoms with Crippen molar-refractivity contribution in [1.29, 1.82) is 0 Å². The maximum atomic E-state index is 11.7. The van der Waals surface area contributed by atoms with Gasteiger partial charge in [-0.25, -0.2) is 10.2 Å². The summed E-state index contributed by atoms with van der Waals surface area (Å²) in [7, 11) is 0. The summed E-state index contributed by atoms with van der Waals surface area (Å²) in [5.41, 5.74) is 11.0. The summed E-state index contributed by atoms with van der Waals surface area (Å²) < 4.78 is 3.88. The molecule has 8 heteroatoms. The molecule has 6 aromatic rings. The van der Waals surface area contributed by atoms with Crippen LogP contribution in [0.25, 0.3) is 33.5 Å². The van der Waals surface area contributed by atoms with Crippen molar-refractivity contribution in [3.05, 3.63) is 125 Å². The van der Waals surface area contributed by atoms with Crippen molar-refractivity contribution in [2.45, 2.75) is 20.0 Å². The van der Waals surface area contributed by atoms with E-state index in [0.29, 0.717) is 18.7 Å². The molecule has 192 valence electrons. The fourth-order valence-electron chi connectivity index (χ4n) is 4.72. The molecule has 39 heavy (non-hydrogen) atoms. The van der Waals surface area contributed by atoms with Crippen LogP contribution in [0.15, 0.2) is 103 Å². The van der Waals surface area contributed by atoms with Gasteiger partial charge in [0.1, 0.15) is 5.52 Å². The molecule has 0 saturated carbocycles. The van der Waals surface area contributed by atoms with Crippen molar-refractivity contribution in [3.63, 3.8) is 0 Å². The fourth-order valence-corrected chi connectivity index (χ4v) is 4.72. The van der Waals surface area contributed by atoms with Gasteiger partial charge >= 0.3 is 0 Å². The van der Waals surface area contributed by atoms with Crippen LogP contribution in [-0.4, -0.2) is 35.9 Å². The van der Waals surface area contributed by atoms with Crippen molar-refractivity contribution in [2.24, 2.45) is 0 Å². The van der Waals surface area contributed by atoms with E-state index in [1.54, 1.807) is 17.6 Å². The number of aromatic nitrogens is 5. The summed E-state index contributed by atoms with van der Waals surface area (Å²) in [5, 5.41) is 22.7. The van der Waals surface area contributed by atoms with Crippen LogP contribution in [0.3, 0.4) is 0 Å². The minimum atomic E-state index is -0.542. The third-order valence-corrected chi connectivity index (χ3v) is 6.73. The number of rotatable bonds is 7. The van der Waals surface area contributed by atoms with Crippen molar-refractivity contribution in [2.75, 3.05) is 0 Å². The van der Waals surface area contributed by atoms with Crippen LogP contribution >= 0.6 is 0 Å². The third kappa shape index (κ3) is 5.05. The molecule has 0 saturated heterocycles. The third-order valence-electron chi connectivity index (χ3n) is 6.73. The highest BCUT2D eigenvalue weighted by atomic mass is 16.5. The van der Waals surface area contributed by atoms with Gasteiger partial charge in [-0.05, 0) is 54.4 Å². The molecule has 1 amide bonds. The van der Waals surface area contributed by atoms with Crippen molar-refractivity contribution in [1.82, 2.24) is 30.3 Å². The molecule has 0 aliphatic heterocycles. The normalized spacial score (nSPS) is 11.1. The van der Waals surface area contributed by atoms with Gasteiger partial charge in [-0.2, -0.15) is 5.10 Å². The molecule has 2 heterocycles. The average Bonchev–Trinajstić information content (AvgIpc) is 3.57. The first-order chi connectivity index (χ1) is 19.1. The molecule has 0 spiro atoms. The number of hydrogen-bond acceptors (Lipinski definition) is 5. The van der Waals surface area contributed by atoms with E-state index in [1.807, 2.05) is 57.9 Å². The van der Waals surface area contributed by atoms with E-state index in [1.165, 1.54) is 5.56 Å². The Balaban J connectivity index is 1.35. The molecule has 8 nitrogen and oxygen atoms in total. The topological polar surface area (TPSA) is 97.9 Å². The van der Waals surface area contributed by atoms with Gasteiger partial charge < -0.3 is 0 Å². The number of amides is 1. The molecule has 0 atom stereocenters. The summed E-state index contributed by atoms with van der Waals surface area (Å²) >= 11 is 0. The lowest BCUT2D eigenvalue weighted by Gasteiger charge is -2.09. The Morgan fingerprint density at radius 1 is 0.795 bits per heavy atom. The monoisotopic (exact) mass is 514 g/mol. The highest BCUT2D eigenvalue weighted by Gasteiger charge is 2.15. The van der Waals surface area contributed by atoms with Gasteiger partial charge in [0.05, 0.1) is 30.0 Å². The fraction of sp³-hybridized carbons (Fsp3) is 0.0968. The quantitative estimate of drug-likeness (QED) is 0.217. The van der Waals surface area contributed by atoms with E-state index >= 15 is 0 Å². The van der Waals surface area contributed by atoms with Gasteiger partial charge in [0.25, 0.3) is 5.91 Å². The molecule has 0 aliphatic rings. The zero-order valence-electron chi connectivity index (χ0n) is 21.3. The average molecular weight is 515 g/mol. The van der Waals surface area contributed by atoms with Crippen molar-refractivity contribution in [3.8, 4) is 22.5 Å². The first-order valence-electron chi connectivity index (χ1n) is 12.6. The summed E-state index contributed by atoms with van der Waals surface area (Å²) in [6.07, 6.45) is 0. The number of carbonyl (C=O) groups excluding carboxylic acids is 1. The van der Waals surface area contributed by atoms with Gasteiger partial charge in [0.2, 0.25) is 0 Å². The highest BCUT2D eigenvalue weighted by Crippen LogP contribution is 2.29. The predicted molar refractivity (Wildman–Crippen MR) is 149 cm³/mol. The minimum Gasteiger partial charge on any atom is -0.288 e. The SMILES string of the molecule is Cc1cccc(-c2cc(-c3ccc4c(c3)nnn4Cc3ccccc3)nn2Cc2ccc(C(=O)NO)cc2)c1. The van der Waals surface area contributed by atoms with Crippen LogP contribution in [0.1, 0.15) is 27.0 Å². The number of fused-ring (bicyclic) bond motifs is 1. The maximum Gasteiger partial charge on any atom is 0.274 e. The second-order valence-electron chi connectivity index (χ2n) is 9.52. The Morgan fingerprint density at radius 3 is 2.33 bits per heavy atom. The Bertz CT molecular complexity index is 1770. The first kappa shape index (κ1) is 24.3. The lowest BCUT2D eigenvalue weighted by Crippen LogP contribution is -2.18. The molecule has 2 N–H and O–H groups in total. The number of nitrogens with zero attached hydrogens (tertiary/aromatic N) is 5. The van der Waals surface area contributed by atoms with Gasteiger partial charge in [-0.1, -0.05) is 77.5 Å². The number of aryl methyl sites for hydroxylation is 1. The van der Waals surface area contributed by atoms with E-state index in [9.17, 15) is 4.79 Å². The molecule has 0 radical (unpaired) electrons. The van der Waals surface area contributed by atoms with E-state index in [2.05, 4.69) is 59.7 Å². The molecule has 4 aromatic carbocycles. The smallest absolute Gasteiger partial charge is 0.274 e. The summed E-state index contributed by atoms with van der Waals surface area (Å²) in [4.78, 5) is 11.7. The predicted octanol–water partition coefficient (Wildman–Crippen LogP) is 5.49. The van der Waals surface area contributed by atoms with Crippen LogP contribution < -0.4 is 5.48 Å². The van der Waals surface area contributed by atoms with E-state index in [4.69, 9.17) is 10.3 Å². The summed E-state index contributed by atoms with van der Waals surface area (Å²) in [6.45, 7) is 3.24. The summed E-state index contributed by atoms with van der Waals surface area (Å²) in [6, 6.07) is 33.9. The lowest BCUT2D eigenvalue weighted by atomic mass is 10.1. The van der Waals surface area contributed by atoms with Gasteiger partial charge in [-0.3, -0.25) is 14.7 Å². The first-order valence-corrected chi connectivity index (χ1v) is 12.6. The van der Waals surface area contributed by atoms with E-state index < -0.39 is 5.91 Å². The van der Waals surface area contributed by atoms with E-state index in [0.717, 1.165) is 44.7 Å². The number of benzene rings is 4. The lowest BCUT2D eigenvalue weighted by molar-refractivity contribution is 0.0706. The number of hydrogen-bond donors (Lipinski definition) is 2. The van der Waals surface area contributed by atoms with Gasteiger partial charge in [-0.15, -0.1) is 5.10 Å². The van der Waals surface area contributed by atoms with Crippen LogP contribution in [-0.2, 0) is 13.1 Å². The second kappa shape index (κ2) is 10.4. The minimum absolute atomic E-state index is 0.384. The van der Waals surface area contributed by atoms with E-state index in [-0.39, 0.29) is 0 Å². The Kier molecular flexibility index (Phi) is 6.44. The van der Waals surface area contributed by atoms with Gasteiger partial charge in [0, 0.05) is 16.7 Å². The maximum absolute atomic E-state index is 11.7. The Labute approximate surface area is 225 Å². The molecule has 0 unspecified atom stereocenters. The highest BCUT2D eigenvalue weighted by molar-refractivity contribution is 5.93. The second-order valence-corrected chi connectivity index (χ2v) is 9.52. The zero-order valence-corrected chi connectivity index (χ0v) is 21.3. The standard InChI is InChI=1S/C31H26N6O2/c1-21-6-5-9-26(16-21)30-18-27(33-36(30)19-23-10-12-24(13-11-23)31(38)34-39)25-14-15-29-28(17-25)32-35-37(29)20-22-7-3-2-4-8-22/h2-18,39H,19-20H2,1H3,(H,34,38). The summed E-state index contributed by atoms with van der Waals surface area (Å²) in [5.74, 6) is -0.542. The Morgan fingerprint density at radius 2 is 1.56 bits per heavy atom. The van der Waals surface area contributed by atoms with Crippen LogP contribution in [0.5, 0.6) is 0 Å². The van der Waals surface area contributed by atoms with Gasteiger partial charge in [0.15, 0.2) is 0 Å². The number of hydroxylamine groups is 1. The van der Waals surface area contributed by atoms with Crippen LogP contribution in [0, 0.1) is 6.92 Å². The molecule has 0 bridgehead atoms. The molecule has 6 rings (SSSR count). The van der Waals surface area contributed by atoms with Crippen LogP contribution in [0.4, 0.5) is 0 Å². The molecular weight excluding hydrogens is 488 g/mol. The largest absolute Gasteiger partial charge is 0.288 e. The zero-order chi connectivity index (χ0) is 26.8. The van der Waals surface area contributed by atoms with Crippen LogP contribution in [0.2, 0.25) is 0 Å². The van der Waals surface area contributed by atoms with Crippen molar-refractivity contribution < 1.29 is 10.0 Å².